The zero-order valence-electron chi connectivity index (χ0n) is 15.0. The molecule has 0 fully saturated rings. The molecule has 1 aromatic rings. The number of amides is 3. The average Bonchev–Trinajstić information content (AvgIpc) is 2.51. The van der Waals surface area contributed by atoms with Crippen molar-refractivity contribution in [2.45, 2.75) is 39.8 Å². The lowest BCUT2D eigenvalue weighted by Gasteiger charge is -2.33. The van der Waals surface area contributed by atoms with E-state index >= 15 is 0 Å². The molecule has 2 rings (SSSR count). The fraction of sp³-hybridized carbons (Fsp3) is 0.389. The number of anilines is 1. The third kappa shape index (κ3) is 4.17. The van der Waals surface area contributed by atoms with E-state index in [0.717, 1.165) is 0 Å². The van der Waals surface area contributed by atoms with E-state index in [0.29, 0.717) is 22.5 Å². The van der Waals surface area contributed by atoms with Crippen LogP contribution in [0.15, 0.2) is 35.5 Å². The maximum absolute atomic E-state index is 12.6. The number of esters is 1. The van der Waals surface area contributed by atoms with Crippen molar-refractivity contribution in [1.82, 2.24) is 10.2 Å². The molecule has 0 saturated heterocycles. The number of urea groups is 1. The van der Waals surface area contributed by atoms with Gasteiger partial charge in [0.05, 0.1) is 17.7 Å². The Morgan fingerprint density at radius 1 is 1.32 bits per heavy atom. The molecule has 2 N–H and O–H groups in total. The highest BCUT2D eigenvalue weighted by Crippen LogP contribution is 2.32. The molecule has 1 aliphatic rings. The minimum Gasteiger partial charge on any atom is -0.459 e. The Balaban J connectivity index is 2.47. The average molecular weight is 345 g/mol. The van der Waals surface area contributed by atoms with E-state index in [9.17, 15) is 14.4 Å². The fourth-order valence-electron chi connectivity index (χ4n) is 2.63. The highest BCUT2D eigenvalue weighted by atomic mass is 16.5. The zero-order chi connectivity index (χ0) is 18.7. The Morgan fingerprint density at radius 3 is 2.60 bits per heavy atom. The number of carbonyl (C=O) groups is 3. The van der Waals surface area contributed by atoms with Gasteiger partial charge in [0.15, 0.2) is 0 Å². The zero-order valence-corrected chi connectivity index (χ0v) is 15.0. The summed E-state index contributed by atoms with van der Waals surface area (Å²) in [5, 5.41) is 5.51. The van der Waals surface area contributed by atoms with Gasteiger partial charge >= 0.3 is 12.0 Å². The summed E-state index contributed by atoms with van der Waals surface area (Å²) in [6, 6.07) is 6.05. The summed E-state index contributed by atoms with van der Waals surface area (Å²) in [6.07, 6.45) is -0.276. The number of allylic oxidation sites excluding steroid dienone is 1. The first kappa shape index (κ1) is 18.5. The van der Waals surface area contributed by atoms with Crippen LogP contribution >= 0.6 is 0 Å². The Morgan fingerprint density at radius 2 is 2.00 bits per heavy atom. The van der Waals surface area contributed by atoms with Crippen LogP contribution in [0.2, 0.25) is 0 Å². The Bertz CT molecular complexity index is 740. The number of ether oxygens (including phenoxy) is 1. The number of hydrogen-bond donors (Lipinski definition) is 2. The van der Waals surface area contributed by atoms with Gasteiger partial charge in [0.2, 0.25) is 5.91 Å². The topological polar surface area (TPSA) is 87.7 Å². The molecule has 1 heterocycles. The van der Waals surface area contributed by atoms with E-state index in [2.05, 4.69) is 10.6 Å². The van der Waals surface area contributed by atoms with E-state index in [-0.39, 0.29) is 18.0 Å². The van der Waals surface area contributed by atoms with Crippen LogP contribution in [0.3, 0.4) is 0 Å². The second-order valence-corrected chi connectivity index (χ2v) is 6.20. The molecule has 134 valence electrons. The minimum absolute atomic E-state index is 0.198. The fourth-order valence-corrected chi connectivity index (χ4v) is 2.63. The van der Waals surface area contributed by atoms with E-state index in [1.165, 1.54) is 11.8 Å². The van der Waals surface area contributed by atoms with Crippen molar-refractivity contribution in [1.29, 1.82) is 0 Å². The van der Waals surface area contributed by atoms with Crippen molar-refractivity contribution in [3.8, 4) is 0 Å². The van der Waals surface area contributed by atoms with Gasteiger partial charge in [-0.3, -0.25) is 4.79 Å². The van der Waals surface area contributed by atoms with Gasteiger partial charge in [-0.2, -0.15) is 0 Å². The van der Waals surface area contributed by atoms with Crippen LogP contribution in [-0.2, 0) is 14.3 Å². The molecule has 0 saturated carbocycles. The quantitative estimate of drug-likeness (QED) is 0.821. The molecular formula is C18H23N3O4. The maximum Gasteiger partial charge on any atom is 0.338 e. The first-order chi connectivity index (χ1) is 11.7. The molecule has 1 aromatic carbocycles. The van der Waals surface area contributed by atoms with Crippen LogP contribution in [0.25, 0.3) is 0 Å². The molecule has 0 radical (unpaired) electrons. The molecule has 1 unspecified atom stereocenters. The van der Waals surface area contributed by atoms with Crippen LogP contribution in [0.4, 0.5) is 10.5 Å². The summed E-state index contributed by atoms with van der Waals surface area (Å²) in [6.45, 7) is 6.66. The standard InChI is InChI=1S/C18H23N3O4/c1-10(2)25-17(23)15-11(3)21(5)18(24)20-16(15)13-7-6-8-14(9-13)19-12(4)22/h6-10,16H,1-5H3,(H,19,22)(H,20,24). The first-order valence-electron chi connectivity index (χ1n) is 8.04. The molecule has 0 bridgehead atoms. The van der Waals surface area contributed by atoms with Gasteiger partial charge in [-0.05, 0) is 38.5 Å². The highest BCUT2D eigenvalue weighted by Gasteiger charge is 2.35. The highest BCUT2D eigenvalue weighted by molar-refractivity contribution is 5.95. The molecule has 25 heavy (non-hydrogen) atoms. The predicted octanol–water partition coefficient (Wildman–Crippen LogP) is 2.57. The molecule has 3 amide bonds. The van der Waals surface area contributed by atoms with E-state index in [1.54, 1.807) is 52.1 Å². The van der Waals surface area contributed by atoms with Crippen LogP contribution in [0, 0.1) is 0 Å². The Labute approximate surface area is 147 Å². The van der Waals surface area contributed by atoms with Gasteiger partial charge in [0, 0.05) is 25.4 Å². The van der Waals surface area contributed by atoms with Gasteiger partial charge in [0.1, 0.15) is 0 Å². The molecule has 7 heteroatoms. The Kier molecular flexibility index (Phi) is 5.46. The van der Waals surface area contributed by atoms with Crippen molar-refractivity contribution in [3.05, 3.63) is 41.1 Å². The van der Waals surface area contributed by atoms with Crippen LogP contribution < -0.4 is 10.6 Å². The number of rotatable bonds is 4. The van der Waals surface area contributed by atoms with Crippen molar-refractivity contribution in [3.63, 3.8) is 0 Å². The predicted molar refractivity (Wildman–Crippen MR) is 93.7 cm³/mol. The van der Waals surface area contributed by atoms with Crippen molar-refractivity contribution in [2.24, 2.45) is 0 Å². The first-order valence-corrected chi connectivity index (χ1v) is 8.04. The molecule has 0 spiro atoms. The third-order valence-electron chi connectivity index (χ3n) is 3.86. The lowest BCUT2D eigenvalue weighted by molar-refractivity contribution is -0.143. The van der Waals surface area contributed by atoms with Crippen molar-refractivity contribution in [2.75, 3.05) is 12.4 Å². The summed E-state index contributed by atoms with van der Waals surface area (Å²) in [7, 11) is 1.59. The van der Waals surface area contributed by atoms with E-state index in [4.69, 9.17) is 4.74 Å². The lowest BCUT2D eigenvalue weighted by atomic mass is 9.94. The Hall–Kier alpha value is -2.83. The van der Waals surface area contributed by atoms with Gasteiger partial charge in [-0.1, -0.05) is 12.1 Å². The molecule has 1 atom stereocenters. The van der Waals surface area contributed by atoms with Crippen LogP contribution in [-0.4, -0.2) is 36.0 Å². The van der Waals surface area contributed by atoms with Crippen molar-refractivity contribution >= 4 is 23.6 Å². The monoisotopic (exact) mass is 345 g/mol. The van der Waals surface area contributed by atoms with E-state index in [1.807, 2.05) is 0 Å². The largest absolute Gasteiger partial charge is 0.459 e. The number of hydrogen-bond acceptors (Lipinski definition) is 4. The summed E-state index contributed by atoms with van der Waals surface area (Å²) in [4.78, 5) is 37.4. The van der Waals surface area contributed by atoms with Crippen LogP contribution in [0.1, 0.15) is 39.3 Å². The summed E-state index contributed by atoms with van der Waals surface area (Å²) >= 11 is 0. The van der Waals surface area contributed by atoms with E-state index < -0.39 is 12.0 Å². The molecule has 0 aromatic heterocycles. The van der Waals surface area contributed by atoms with Gasteiger partial charge in [-0.15, -0.1) is 0 Å². The normalized spacial score (nSPS) is 17.4. The third-order valence-corrected chi connectivity index (χ3v) is 3.86. The lowest BCUT2D eigenvalue weighted by Crippen LogP contribution is -2.46. The summed E-state index contributed by atoms with van der Waals surface area (Å²) in [5.74, 6) is -0.676. The number of benzene rings is 1. The number of nitrogens with zero attached hydrogens (tertiary/aromatic N) is 1. The molecule has 1 aliphatic heterocycles. The SMILES string of the molecule is CC(=O)Nc1cccc(C2NC(=O)N(C)C(C)=C2C(=O)OC(C)C)c1. The van der Waals surface area contributed by atoms with Gasteiger partial charge in [-0.25, -0.2) is 9.59 Å². The molecule has 0 aliphatic carbocycles. The van der Waals surface area contributed by atoms with Crippen molar-refractivity contribution < 1.29 is 19.1 Å². The minimum atomic E-state index is -0.649. The second-order valence-electron chi connectivity index (χ2n) is 6.20. The smallest absolute Gasteiger partial charge is 0.338 e. The number of carbonyl (C=O) groups excluding carboxylic acids is 3. The van der Waals surface area contributed by atoms with Gasteiger partial charge in [0.25, 0.3) is 0 Å². The second kappa shape index (κ2) is 7.38. The summed E-state index contributed by atoms with van der Waals surface area (Å²) in [5.41, 5.74) is 2.18. The van der Waals surface area contributed by atoms with Crippen LogP contribution in [0.5, 0.6) is 0 Å². The maximum atomic E-state index is 12.6. The number of nitrogens with one attached hydrogen (secondary N) is 2. The summed E-state index contributed by atoms with van der Waals surface area (Å²) < 4.78 is 5.35. The molecule has 7 nitrogen and oxygen atoms in total. The van der Waals surface area contributed by atoms with Gasteiger partial charge < -0.3 is 20.3 Å². The molecular weight excluding hydrogens is 322 g/mol.